The molecule has 6 heteroatoms. The first-order valence-corrected chi connectivity index (χ1v) is 6.91. The van der Waals surface area contributed by atoms with Gasteiger partial charge in [-0.1, -0.05) is 6.92 Å². The van der Waals surface area contributed by atoms with Gasteiger partial charge in [0, 0.05) is 4.88 Å². The van der Waals surface area contributed by atoms with E-state index in [2.05, 4.69) is 22.1 Å². The van der Waals surface area contributed by atoms with Crippen molar-refractivity contribution in [2.75, 3.05) is 0 Å². The Morgan fingerprint density at radius 2 is 2.44 bits per heavy atom. The first kappa shape index (κ1) is 10.3. The lowest BCUT2D eigenvalue weighted by Gasteiger charge is -2.17. The van der Waals surface area contributed by atoms with Crippen LogP contribution in [0.4, 0.5) is 0 Å². The topological polar surface area (TPSA) is 63.1 Å². The number of aromatic amines is 1. The molecule has 18 heavy (non-hydrogen) atoms. The quantitative estimate of drug-likeness (QED) is 0.670. The third-order valence-corrected chi connectivity index (χ3v) is 4.87. The predicted molar refractivity (Wildman–Crippen MR) is 70.2 cm³/mol. The van der Waals surface area contributed by atoms with E-state index in [9.17, 15) is 4.79 Å². The van der Waals surface area contributed by atoms with Crippen molar-refractivity contribution in [2.45, 2.75) is 26.2 Å². The summed E-state index contributed by atoms with van der Waals surface area (Å²) in [6.45, 7) is 2.29. The van der Waals surface area contributed by atoms with Gasteiger partial charge in [-0.15, -0.1) is 11.3 Å². The van der Waals surface area contributed by atoms with E-state index in [4.69, 9.17) is 0 Å². The molecule has 5 nitrogen and oxygen atoms in total. The summed E-state index contributed by atoms with van der Waals surface area (Å²) in [5.74, 6) is 0.739. The van der Waals surface area contributed by atoms with Crippen molar-refractivity contribution in [2.24, 2.45) is 5.92 Å². The van der Waals surface area contributed by atoms with Gasteiger partial charge in [0.2, 0.25) is 0 Å². The predicted octanol–water partition coefficient (Wildman–Crippen LogP) is 1.76. The number of nitrogens with one attached hydrogen (secondary N) is 1. The number of fused-ring (bicyclic) bond motifs is 5. The van der Waals surface area contributed by atoms with Crippen molar-refractivity contribution in [3.8, 4) is 0 Å². The summed E-state index contributed by atoms with van der Waals surface area (Å²) in [6, 6.07) is 0. The molecule has 0 bridgehead atoms. The van der Waals surface area contributed by atoms with Crippen LogP contribution in [0.3, 0.4) is 0 Å². The second-order valence-corrected chi connectivity index (χ2v) is 6.08. The molecule has 1 aliphatic carbocycles. The number of aryl methyl sites for hydroxylation is 1. The molecule has 4 rings (SSSR count). The van der Waals surface area contributed by atoms with Gasteiger partial charge in [-0.2, -0.15) is 5.10 Å². The molecular weight excluding hydrogens is 248 g/mol. The molecule has 0 spiro atoms. The fourth-order valence-electron chi connectivity index (χ4n) is 2.76. The van der Waals surface area contributed by atoms with Crippen molar-refractivity contribution in [3.05, 3.63) is 27.3 Å². The minimum Gasteiger partial charge on any atom is -0.246 e. The van der Waals surface area contributed by atoms with E-state index in [1.54, 1.807) is 17.7 Å². The van der Waals surface area contributed by atoms with Crippen LogP contribution in [0, 0.1) is 5.92 Å². The maximum absolute atomic E-state index is 11.6. The van der Waals surface area contributed by atoms with Gasteiger partial charge in [-0.05, 0) is 30.7 Å². The van der Waals surface area contributed by atoms with E-state index >= 15 is 0 Å². The van der Waals surface area contributed by atoms with Crippen molar-refractivity contribution in [1.82, 2.24) is 19.6 Å². The third-order valence-electron chi connectivity index (χ3n) is 3.71. The van der Waals surface area contributed by atoms with E-state index < -0.39 is 0 Å². The van der Waals surface area contributed by atoms with Gasteiger partial charge in [0.15, 0.2) is 5.65 Å². The van der Waals surface area contributed by atoms with Crippen LogP contribution >= 0.6 is 11.3 Å². The fraction of sp³-hybridized carbons (Fsp3) is 0.417. The Morgan fingerprint density at radius 1 is 1.56 bits per heavy atom. The van der Waals surface area contributed by atoms with Gasteiger partial charge in [0.1, 0.15) is 11.2 Å². The van der Waals surface area contributed by atoms with E-state index in [1.165, 1.54) is 21.3 Å². The summed E-state index contributed by atoms with van der Waals surface area (Å²) < 4.78 is 1.49. The molecule has 0 aromatic carbocycles. The number of hydrogen-bond donors (Lipinski definition) is 1. The summed E-state index contributed by atoms with van der Waals surface area (Å²) in [5.41, 5.74) is 1.85. The Kier molecular flexibility index (Phi) is 1.94. The van der Waals surface area contributed by atoms with E-state index in [1.807, 2.05) is 0 Å². The highest BCUT2D eigenvalue weighted by Gasteiger charge is 2.23. The molecule has 3 heterocycles. The zero-order chi connectivity index (χ0) is 12.3. The SMILES string of the molecule is CC1CCc2c(sc3ncn4c(=O)[nH]nc4c23)C1. The summed E-state index contributed by atoms with van der Waals surface area (Å²) in [5, 5.41) is 7.71. The fourth-order valence-corrected chi connectivity index (χ4v) is 4.10. The monoisotopic (exact) mass is 260 g/mol. The van der Waals surface area contributed by atoms with Crippen molar-refractivity contribution in [3.63, 3.8) is 0 Å². The lowest BCUT2D eigenvalue weighted by atomic mass is 9.89. The molecule has 0 amide bonds. The van der Waals surface area contributed by atoms with Crippen LogP contribution in [0.1, 0.15) is 23.8 Å². The normalized spacial score (nSPS) is 19.5. The van der Waals surface area contributed by atoms with Crippen LogP contribution in [-0.2, 0) is 12.8 Å². The first-order chi connectivity index (χ1) is 8.74. The Bertz CT molecular complexity index is 813. The zero-order valence-electron chi connectivity index (χ0n) is 9.93. The highest BCUT2D eigenvalue weighted by atomic mass is 32.1. The van der Waals surface area contributed by atoms with Crippen LogP contribution in [0.2, 0.25) is 0 Å². The van der Waals surface area contributed by atoms with Crippen LogP contribution in [0.15, 0.2) is 11.1 Å². The van der Waals surface area contributed by atoms with Gasteiger partial charge in [-0.25, -0.2) is 19.3 Å². The van der Waals surface area contributed by atoms with Crippen LogP contribution < -0.4 is 5.69 Å². The van der Waals surface area contributed by atoms with Crippen molar-refractivity contribution in [1.29, 1.82) is 0 Å². The summed E-state index contributed by atoms with van der Waals surface area (Å²) in [7, 11) is 0. The maximum Gasteiger partial charge on any atom is 0.348 e. The largest absolute Gasteiger partial charge is 0.348 e. The molecule has 92 valence electrons. The molecule has 3 aromatic heterocycles. The van der Waals surface area contributed by atoms with E-state index in [0.717, 1.165) is 34.6 Å². The average molecular weight is 260 g/mol. The average Bonchev–Trinajstić information content (AvgIpc) is 2.89. The second kappa shape index (κ2) is 3.41. The molecule has 1 aliphatic rings. The Hall–Kier alpha value is -1.69. The molecule has 3 aromatic rings. The lowest BCUT2D eigenvalue weighted by Crippen LogP contribution is -2.10. The molecule has 0 saturated heterocycles. The molecular formula is C12H12N4OS. The Morgan fingerprint density at radius 3 is 3.33 bits per heavy atom. The number of hydrogen-bond acceptors (Lipinski definition) is 4. The summed E-state index contributed by atoms with van der Waals surface area (Å²) in [4.78, 5) is 18.4. The van der Waals surface area contributed by atoms with E-state index in [0.29, 0.717) is 0 Å². The highest BCUT2D eigenvalue weighted by molar-refractivity contribution is 7.19. The van der Waals surface area contributed by atoms with Crippen LogP contribution in [0.5, 0.6) is 0 Å². The lowest BCUT2D eigenvalue weighted by molar-refractivity contribution is 0.509. The van der Waals surface area contributed by atoms with Crippen LogP contribution in [0.25, 0.3) is 15.9 Å². The number of nitrogens with zero attached hydrogens (tertiary/aromatic N) is 3. The highest BCUT2D eigenvalue weighted by Crippen LogP contribution is 2.38. The molecule has 1 unspecified atom stereocenters. The third kappa shape index (κ3) is 1.23. The van der Waals surface area contributed by atoms with E-state index in [-0.39, 0.29) is 5.69 Å². The maximum atomic E-state index is 11.6. The Labute approximate surface area is 106 Å². The van der Waals surface area contributed by atoms with Gasteiger partial charge in [0.25, 0.3) is 0 Å². The smallest absolute Gasteiger partial charge is 0.246 e. The minimum absolute atomic E-state index is 0.219. The summed E-state index contributed by atoms with van der Waals surface area (Å²) in [6.07, 6.45) is 4.96. The standard InChI is InChI=1S/C12H12N4OS/c1-6-2-3-7-8(4-6)18-11-9(7)10-14-15-12(17)16(10)5-13-11/h5-6H,2-4H2,1H3,(H,15,17). The van der Waals surface area contributed by atoms with Gasteiger partial charge >= 0.3 is 5.69 Å². The molecule has 0 radical (unpaired) electrons. The summed E-state index contributed by atoms with van der Waals surface area (Å²) >= 11 is 1.75. The minimum atomic E-state index is -0.219. The van der Waals surface area contributed by atoms with Gasteiger partial charge in [-0.3, -0.25) is 0 Å². The molecule has 1 atom stereocenters. The van der Waals surface area contributed by atoms with Crippen molar-refractivity contribution >= 4 is 27.2 Å². The molecule has 0 saturated carbocycles. The number of rotatable bonds is 0. The zero-order valence-corrected chi connectivity index (χ0v) is 10.8. The van der Waals surface area contributed by atoms with Crippen LogP contribution in [-0.4, -0.2) is 19.6 Å². The Balaban J connectivity index is 2.15. The second-order valence-electron chi connectivity index (χ2n) is 5.00. The number of aromatic nitrogens is 4. The number of thiophene rings is 1. The van der Waals surface area contributed by atoms with Gasteiger partial charge in [0.05, 0.1) is 5.39 Å². The number of H-pyrrole nitrogens is 1. The van der Waals surface area contributed by atoms with Gasteiger partial charge < -0.3 is 0 Å². The van der Waals surface area contributed by atoms with Crippen molar-refractivity contribution < 1.29 is 0 Å². The first-order valence-electron chi connectivity index (χ1n) is 6.10. The molecule has 0 aliphatic heterocycles. The molecule has 1 N–H and O–H groups in total. The molecule has 0 fully saturated rings.